The number of ketones is 1. The molecule has 1 N–H and O–H groups in total. The van der Waals surface area contributed by atoms with Crippen LogP contribution in [0.25, 0.3) is 0 Å². The van der Waals surface area contributed by atoms with E-state index in [9.17, 15) is 9.90 Å². The predicted octanol–water partition coefficient (Wildman–Crippen LogP) is 4.62. The van der Waals surface area contributed by atoms with Crippen molar-refractivity contribution in [2.45, 2.75) is 38.8 Å². The smallest absolute Gasteiger partial charge is 0.160 e. The lowest BCUT2D eigenvalue weighted by Gasteiger charge is -2.34. The third-order valence-electron chi connectivity index (χ3n) is 4.61. The standard InChI is InChI=1S/C20H25O3P/c1-5-20(6-2,17-13-15(23-4)11-12-18(17)22)24-19-10-8-7-9-16(19)14(3)21/h7-13,22,24H,5-6H2,1-4H3. The van der Waals surface area contributed by atoms with Crippen molar-refractivity contribution in [3.8, 4) is 11.5 Å². The van der Waals surface area contributed by atoms with E-state index in [1.165, 1.54) is 0 Å². The quantitative estimate of drug-likeness (QED) is 0.589. The summed E-state index contributed by atoms with van der Waals surface area (Å²) in [6, 6.07) is 13.1. The van der Waals surface area contributed by atoms with Gasteiger partial charge in [0.25, 0.3) is 0 Å². The van der Waals surface area contributed by atoms with E-state index in [0.717, 1.165) is 35.0 Å². The molecule has 24 heavy (non-hydrogen) atoms. The maximum absolute atomic E-state index is 12.0. The highest BCUT2D eigenvalue weighted by molar-refractivity contribution is 7.48. The van der Waals surface area contributed by atoms with E-state index >= 15 is 0 Å². The molecular weight excluding hydrogens is 319 g/mol. The molecule has 0 aliphatic rings. The molecule has 0 spiro atoms. The van der Waals surface area contributed by atoms with Gasteiger partial charge in [-0.05, 0) is 43.3 Å². The van der Waals surface area contributed by atoms with Crippen LogP contribution in [0.1, 0.15) is 49.5 Å². The van der Waals surface area contributed by atoms with E-state index in [-0.39, 0.29) is 16.7 Å². The molecule has 1 atom stereocenters. The minimum absolute atomic E-state index is 0.0778. The van der Waals surface area contributed by atoms with E-state index < -0.39 is 0 Å². The van der Waals surface area contributed by atoms with Gasteiger partial charge < -0.3 is 9.84 Å². The molecule has 4 heteroatoms. The van der Waals surface area contributed by atoms with Gasteiger partial charge in [-0.3, -0.25) is 4.79 Å². The van der Waals surface area contributed by atoms with Crippen LogP contribution in [0.2, 0.25) is 0 Å². The van der Waals surface area contributed by atoms with Gasteiger partial charge in [-0.25, -0.2) is 0 Å². The van der Waals surface area contributed by atoms with Crippen molar-refractivity contribution >= 4 is 19.7 Å². The normalized spacial score (nSPS) is 11.8. The van der Waals surface area contributed by atoms with Gasteiger partial charge in [-0.2, -0.15) is 0 Å². The highest BCUT2D eigenvalue weighted by Gasteiger charge is 2.33. The van der Waals surface area contributed by atoms with Crippen molar-refractivity contribution in [3.05, 3.63) is 53.6 Å². The fraction of sp³-hybridized carbons (Fsp3) is 0.350. The summed E-state index contributed by atoms with van der Waals surface area (Å²) >= 11 is 0. The Morgan fingerprint density at radius 1 is 1.17 bits per heavy atom. The van der Waals surface area contributed by atoms with Crippen LogP contribution in [0.4, 0.5) is 0 Å². The summed E-state index contributed by atoms with van der Waals surface area (Å²) in [6.07, 6.45) is 1.74. The lowest BCUT2D eigenvalue weighted by Crippen LogP contribution is -2.24. The van der Waals surface area contributed by atoms with E-state index in [2.05, 4.69) is 13.8 Å². The maximum atomic E-state index is 12.0. The Kier molecular flexibility index (Phi) is 6.01. The molecule has 0 aliphatic carbocycles. The summed E-state index contributed by atoms with van der Waals surface area (Å²) in [6.45, 7) is 5.86. The second kappa shape index (κ2) is 7.81. The Labute approximate surface area is 145 Å². The Hall–Kier alpha value is -1.86. The van der Waals surface area contributed by atoms with Gasteiger partial charge in [0, 0.05) is 16.3 Å². The topological polar surface area (TPSA) is 46.5 Å². The zero-order valence-electron chi connectivity index (χ0n) is 14.7. The van der Waals surface area contributed by atoms with E-state index in [1.807, 2.05) is 30.3 Å². The number of hydrogen-bond donors (Lipinski definition) is 1. The molecule has 128 valence electrons. The summed E-state index contributed by atoms with van der Waals surface area (Å²) in [5.74, 6) is 1.10. The van der Waals surface area contributed by atoms with Crippen LogP contribution in [0, 0.1) is 0 Å². The number of benzene rings is 2. The lowest BCUT2D eigenvalue weighted by atomic mass is 9.91. The number of aromatic hydroxyl groups is 1. The molecule has 0 fully saturated rings. The molecule has 0 bridgehead atoms. The molecule has 0 aromatic heterocycles. The monoisotopic (exact) mass is 344 g/mol. The van der Waals surface area contributed by atoms with Crippen LogP contribution in [0.5, 0.6) is 11.5 Å². The SMILES string of the molecule is CCC(CC)(Pc1ccccc1C(C)=O)c1cc(OC)ccc1O. The Morgan fingerprint density at radius 2 is 1.83 bits per heavy atom. The number of carbonyl (C=O) groups is 1. The Morgan fingerprint density at radius 3 is 2.42 bits per heavy atom. The summed E-state index contributed by atoms with van der Waals surface area (Å²) in [7, 11) is 2.02. The molecular formula is C20H25O3P. The van der Waals surface area contributed by atoms with Gasteiger partial charge >= 0.3 is 0 Å². The maximum Gasteiger partial charge on any atom is 0.160 e. The van der Waals surface area contributed by atoms with Crippen molar-refractivity contribution in [2.75, 3.05) is 7.11 Å². The lowest BCUT2D eigenvalue weighted by molar-refractivity contribution is 0.101. The zero-order chi connectivity index (χ0) is 17.7. The number of ether oxygens (including phenoxy) is 1. The van der Waals surface area contributed by atoms with Gasteiger partial charge in [0.15, 0.2) is 5.78 Å². The molecule has 0 heterocycles. The molecule has 0 aliphatic heterocycles. The number of hydrogen-bond acceptors (Lipinski definition) is 3. The van der Waals surface area contributed by atoms with Crippen LogP contribution in [-0.4, -0.2) is 18.0 Å². The van der Waals surface area contributed by atoms with Crippen LogP contribution in [0.3, 0.4) is 0 Å². The van der Waals surface area contributed by atoms with Crippen LogP contribution in [-0.2, 0) is 5.16 Å². The highest BCUT2D eigenvalue weighted by Crippen LogP contribution is 2.50. The van der Waals surface area contributed by atoms with Crippen molar-refractivity contribution in [2.24, 2.45) is 0 Å². The van der Waals surface area contributed by atoms with E-state index in [0.29, 0.717) is 8.58 Å². The molecule has 3 nitrogen and oxygen atoms in total. The number of phenolic OH excluding ortho intramolecular Hbond substituents is 1. The first-order chi connectivity index (χ1) is 11.5. The average molecular weight is 344 g/mol. The fourth-order valence-corrected chi connectivity index (χ4v) is 4.83. The minimum Gasteiger partial charge on any atom is -0.508 e. The van der Waals surface area contributed by atoms with Gasteiger partial charge in [0.05, 0.1) is 7.11 Å². The Balaban J connectivity index is 2.55. The number of Topliss-reactive ketones (excluding diaryl/α,β-unsaturated/α-hetero) is 1. The van der Waals surface area contributed by atoms with Crippen molar-refractivity contribution in [3.63, 3.8) is 0 Å². The minimum atomic E-state index is -0.218. The predicted molar refractivity (Wildman–Crippen MR) is 101 cm³/mol. The molecule has 2 aromatic rings. The fourth-order valence-electron chi connectivity index (χ4n) is 3.06. The summed E-state index contributed by atoms with van der Waals surface area (Å²) < 4.78 is 5.34. The molecule has 0 amide bonds. The second-order valence-electron chi connectivity index (χ2n) is 5.90. The molecule has 0 saturated carbocycles. The van der Waals surface area contributed by atoms with Crippen molar-refractivity contribution in [1.29, 1.82) is 0 Å². The summed E-state index contributed by atoms with van der Waals surface area (Å²) in [5.41, 5.74) is 1.66. The number of rotatable bonds is 7. The van der Waals surface area contributed by atoms with Gasteiger partial charge in [-0.15, -0.1) is 0 Å². The zero-order valence-corrected chi connectivity index (χ0v) is 15.7. The van der Waals surface area contributed by atoms with Gasteiger partial charge in [-0.1, -0.05) is 46.7 Å². The van der Waals surface area contributed by atoms with Gasteiger partial charge in [0.2, 0.25) is 0 Å². The summed E-state index contributed by atoms with van der Waals surface area (Å²) in [5, 5.41) is 11.3. The van der Waals surface area contributed by atoms with Gasteiger partial charge in [0.1, 0.15) is 11.5 Å². The van der Waals surface area contributed by atoms with Crippen LogP contribution in [0.15, 0.2) is 42.5 Å². The third kappa shape index (κ3) is 3.62. The molecule has 2 rings (SSSR count). The third-order valence-corrected chi connectivity index (χ3v) is 6.77. The molecule has 0 radical (unpaired) electrons. The van der Waals surface area contributed by atoms with Crippen molar-refractivity contribution in [1.82, 2.24) is 0 Å². The summed E-state index contributed by atoms with van der Waals surface area (Å²) in [4.78, 5) is 12.0. The first kappa shape index (κ1) is 18.5. The highest BCUT2D eigenvalue weighted by atomic mass is 31.1. The van der Waals surface area contributed by atoms with Crippen LogP contribution >= 0.6 is 8.58 Å². The molecule has 0 saturated heterocycles. The first-order valence-electron chi connectivity index (χ1n) is 8.23. The second-order valence-corrected chi connectivity index (χ2v) is 7.64. The number of carbonyl (C=O) groups excluding carboxylic acids is 1. The van der Waals surface area contributed by atoms with Crippen LogP contribution < -0.4 is 10.0 Å². The van der Waals surface area contributed by atoms with E-state index in [4.69, 9.17) is 4.74 Å². The number of phenols is 1. The Bertz CT molecular complexity index is 721. The molecule has 1 unspecified atom stereocenters. The average Bonchev–Trinajstić information content (AvgIpc) is 2.60. The molecule has 2 aromatic carbocycles. The van der Waals surface area contributed by atoms with E-state index in [1.54, 1.807) is 26.2 Å². The largest absolute Gasteiger partial charge is 0.508 e. The van der Waals surface area contributed by atoms with Crippen molar-refractivity contribution < 1.29 is 14.6 Å². The number of methoxy groups -OCH3 is 1. The first-order valence-corrected chi connectivity index (χ1v) is 9.23.